The number of carboxylic acid groups (broad SMARTS) is 1. The van der Waals surface area contributed by atoms with Crippen molar-refractivity contribution in [2.45, 2.75) is 32.2 Å². The molecular formula is C13H21N5O4. The number of nitrogens with zero attached hydrogens (tertiary/aromatic N) is 4. The first-order valence-corrected chi connectivity index (χ1v) is 7.00. The normalized spacial score (nSPS) is 10.3. The van der Waals surface area contributed by atoms with Gasteiger partial charge in [-0.3, -0.25) is 14.4 Å². The number of carbonyl (C=O) groups is 3. The van der Waals surface area contributed by atoms with Gasteiger partial charge in [0.2, 0.25) is 5.91 Å². The van der Waals surface area contributed by atoms with E-state index in [1.807, 2.05) is 0 Å². The molecule has 0 spiro atoms. The Morgan fingerprint density at radius 2 is 2.00 bits per heavy atom. The summed E-state index contributed by atoms with van der Waals surface area (Å²) in [6, 6.07) is 0. The molecule has 0 fully saturated rings. The quantitative estimate of drug-likeness (QED) is 0.607. The van der Waals surface area contributed by atoms with Gasteiger partial charge in [-0.25, -0.2) is 4.68 Å². The zero-order valence-corrected chi connectivity index (χ0v) is 12.8. The summed E-state index contributed by atoms with van der Waals surface area (Å²) in [6.45, 7) is 0.477. The summed E-state index contributed by atoms with van der Waals surface area (Å²) in [5.41, 5.74) is 0.150. The van der Waals surface area contributed by atoms with Gasteiger partial charge in [0.1, 0.15) is 6.54 Å². The van der Waals surface area contributed by atoms with Gasteiger partial charge < -0.3 is 15.3 Å². The maximum absolute atomic E-state index is 11.8. The van der Waals surface area contributed by atoms with Crippen LogP contribution in [0.4, 0.5) is 0 Å². The molecule has 9 heteroatoms. The molecular weight excluding hydrogens is 290 g/mol. The minimum atomic E-state index is -0.812. The average molecular weight is 311 g/mol. The number of hydrogen-bond donors (Lipinski definition) is 2. The Labute approximate surface area is 128 Å². The Bertz CT molecular complexity index is 526. The lowest BCUT2D eigenvalue weighted by Crippen LogP contribution is -2.26. The van der Waals surface area contributed by atoms with E-state index in [0.717, 1.165) is 6.42 Å². The highest BCUT2D eigenvalue weighted by molar-refractivity contribution is 5.91. The molecule has 0 aliphatic rings. The Hall–Kier alpha value is -2.45. The Morgan fingerprint density at radius 1 is 1.27 bits per heavy atom. The second-order valence-corrected chi connectivity index (χ2v) is 5.05. The maximum atomic E-state index is 11.8. The van der Waals surface area contributed by atoms with Gasteiger partial charge >= 0.3 is 5.97 Å². The van der Waals surface area contributed by atoms with Gasteiger partial charge in [0.25, 0.3) is 5.91 Å². The van der Waals surface area contributed by atoms with Gasteiger partial charge in [-0.05, 0) is 12.8 Å². The van der Waals surface area contributed by atoms with Gasteiger partial charge in [0.05, 0.1) is 6.20 Å². The number of aromatic nitrogens is 3. The van der Waals surface area contributed by atoms with Crippen molar-refractivity contribution < 1.29 is 19.5 Å². The molecule has 0 saturated heterocycles. The third-order valence-corrected chi connectivity index (χ3v) is 2.92. The van der Waals surface area contributed by atoms with E-state index in [-0.39, 0.29) is 30.5 Å². The summed E-state index contributed by atoms with van der Waals surface area (Å²) in [7, 11) is 3.27. The van der Waals surface area contributed by atoms with E-state index in [9.17, 15) is 14.4 Å². The average Bonchev–Trinajstić information content (AvgIpc) is 2.90. The Balaban J connectivity index is 2.30. The molecule has 2 amide bonds. The van der Waals surface area contributed by atoms with E-state index in [1.165, 1.54) is 15.8 Å². The number of carbonyl (C=O) groups excluding carboxylic acids is 2. The van der Waals surface area contributed by atoms with Crippen molar-refractivity contribution in [3.8, 4) is 0 Å². The first-order valence-electron chi connectivity index (χ1n) is 7.00. The first-order chi connectivity index (χ1) is 10.4. The largest absolute Gasteiger partial charge is 0.481 e. The van der Waals surface area contributed by atoms with Crippen LogP contribution in [0.1, 0.15) is 36.2 Å². The van der Waals surface area contributed by atoms with Crippen LogP contribution in [0.5, 0.6) is 0 Å². The van der Waals surface area contributed by atoms with Crippen molar-refractivity contribution in [3.63, 3.8) is 0 Å². The lowest BCUT2D eigenvalue weighted by atomic mass is 10.2. The number of hydrogen-bond acceptors (Lipinski definition) is 5. The van der Waals surface area contributed by atoms with E-state index < -0.39 is 5.97 Å². The molecule has 22 heavy (non-hydrogen) atoms. The topological polar surface area (TPSA) is 117 Å². The first kappa shape index (κ1) is 17.6. The zero-order chi connectivity index (χ0) is 16.5. The summed E-state index contributed by atoms with van der Waals surface area (Å²) in [5.74, 6) is -1.31. The van der Waals surface area contributed by atoms with Gasteiger partial charge in [-0.2, -0.15) is 0 Å². The smallest absolute Gasteiger partial charge is 0.303 e. The molecule has 0 atom stereocenters. The van der Waals surface area contributed by atoms with Crippen molar-refractivity contribution in [1.29, 1.82) is 0 Å². The minimum absolute atomic E-state index is 0.0302. The monoisotopic (exact) mass is 311 g/mol. The van der Waals surface area contributed by atoms with E-state index >= 15 is 0 Å². The van der Waals surface area contributed by atoms with Gasteiger partial charge in [0, 0.05) is 27.1 Å². The fourth-order valence-corrected chi connectivity index (χ4v) is 1.63. The summed E-state index contributed by atoms with van der Waals surface area (Å²) in [4.78, 5) is 35.1. The molecule has 122 valence electrons. The van der Waals surface area contributed by atoms with Crippen molar-refractivity contribution >= 4 is 17.8 Å². The molecule has 0 aromatic carbocycles. The van der Waals surface area contributed by atoms with Crippen molar-refractivity contribution in [1.82, 2.24) is 25.2 Å². The van der Waals surface area contributed by atoms with Crippen LogP contribution in [0.25, 0.3) is 0 Å². The van der Waals surface area contributed by atoms with Crippen LogP contribution < -0.4 is 5.32 Å². The molecule has 0 radical (unpaired) electrons. The van der Waals surface area contributed by atoms with Crippen molar-refractivity contribution in [3.05, 3.63) is 11.9 Å². The van der Waals surface area contributed by atoms with Crippen molar-refractivity contribution in [2.75, 3.05) is 20.6 Å². The lowest BCUT2D eigenvalue weighted by molar-refractivity contribution is -0.137. The van der Waals surface area contributed by atoms with E-state index in [4.69, 9.17) is 5.11 Å². The summed E-state index contributed by atoms with van der Waals surface area (Å²) in [5, 5.41) is 18.6. The molecule has 0 aliphatic heterocycles. The molecule has 0 aliphatic carbocycles. The van der Waals surface area contributed by atoms with Crippen LogP contribution >= 0.6 is 0 Å². The highest BCUT2D eigenvalue weighted by Gasteiger charge is 2.12. The Kier molecular flexibility index (Phi) is 7.00. The number of aliphatic carboxylic acids is 1. The summed E-state index contributed by atoms with van der Waals surface area (Å²) < 4.78 is 1.31. The molecule has 0 bridgehead atoms. The predicted molar refractivity (Wildman–Crippen MR) is 77.2 cm³/mol. The number of rotatable bonds is 9. The van der Waals surface area contributed by atoms with Crippen LogP contribution in [-0.4, -0.2) is 63.4 Å². The zero-order valence-electron chi connectivity index (χ0n) is 12.8. The van der Waals surface area contributed by atoms with Gasteiger partial charge in [0.15, 0.2) is 5.69 Å². The highest BCUT2D eigenvalue weighted by atomic mass is 16.4. The standard InChI is InChI=1S/C13H21N5O4/c1-17(2)11(19)9-18-8-10(15-16-18)13(22)14-7-5-3-4-6-12(20)21/h8H,3-7,9H2,1-2H3,(H,14,22)(H,20,21). The molecule has 1 rings (SSSR count). The fourth-order valence-electron chi connectivity index (χ4n) is 1.63. The molecule has 0 saturated carbocycles. The molecule has 9 nitrogen and oxygen atoms in total. The van der Waals surface area contributed by atoms with Crippen LogP contribution in [0.3, 0.4) is 0 Å². The number of carboxylic acids is 1. The number of nitrogens with one attached hydrogen (secondary N) is 1. The number of amides is 2. The predicted octanol–water partition coefficient (Wildman–Crippen LogP) is -0.259. The van der Waals surface area contributed by atoms with Crippen LogP contribution in [-0.2, 0) is 16.1 Å². The molecule has 1 aromatic rings. The van der Waals surface area contributed by atoms with Crippen molar-refractivity contribution in [2.24, 2.45) is 0 Å². The Morgan fingerprint density at radius 3 is 2.64 bits per heavy atom. The summed E-state index contributed by atoms with van der Waals surface area (Å²) in [6.07, 6.45) is 3.58. The van der Waals surface area contributed by atoms with E-state index in [1.54, 1.807) is 14.1 Å². The third-order valence-electron chi connectivity index (χ3n) is 2.92. The summed E-state index contributed by atoms with van der Waals surface area (Å²) >= 11 is 0. The SMILES string of the molecule is CN(C)C(=O)Cn1cc(C(=O)NCCCCCC(=O)O)nn1. The van der Waals surface area contributed by atoms with Crippen LogP contribution in [0.15, 0.2) is 6.20 Å². The number of likely N-dealkylation sites (N-methyl/N-ethyl adjacent to an activating group) is 1. The van der Waals surface area contributed by atoms with Crippen LogP contribution in [0.2, 0.25) is 0 Å². The molecule has 1 heterocycles. The highest BCUT2D eigenvalue weighted by Crippen LogP contribution is 1.99. The third kappa shape index (κ3) is 6.33. The second kappa shape index (κ2) is 8.75. The molecule has 2 N–H and O–H groups in total. The van der Waals surface area contributed by atoms with Crippen LogP contribution in [0, 0.1) is 0 Å². The fraction of sp³-hybridized carbons (Fsp3) is 0.615. The number of unbranched alkanes of at least 4 members (excludes halogenated alkanes) is 2. The minimum Gasteiger partial charge on any atom is -0.481 e. The van der Waals surface area contributed by atoms with E-state index in [0.29, 0.717) is 19.4 Å². The second-order valence-electron chi connectivity index (χ2n) is 5.05. The maximum Gasteiger partial charge on any atom is 0.303 e. The molecule has 1 aromatic heterocycles. The lowest BCUT2D eigenvalue weighted by Gasteiger charge is -2.08. The van der Waals surface area contributed by atoms with Gasteiger partial charge in [-0.15, -0.1) is 5.10 Å². The van der Waals surface area contributed by atoms with E-state index in [2.05, 4.69) is 15.6 Å². The van der Waals surface area contributed by atoms with Gasteiger partial charge in [-0.1, -0.05) is 11.6 Å². The molecule has 0 unspecified atom stereocenters.